The lowest BCUT2D eigenvalue weighted by Gasteiger charge is -2.18. The summed E-state index contributed by atoms with van der Waals surface area (Å²) in [5.41, 5.74) is 1.56. The van der Waals surface area contributed by atoms with E-state index in [2.05, 4.69) is 5.32 Å². The Bertz CT molecular complexity index is 683. The molecule has 2 rings (SSSR count). The van der Waals surface area contributed by atoms with Crippen molar-refractivity contribution in [1.82, 2.24) is 5.32 Å². The molecule has 0 aliphatic carbocycles. The Hall–Kier alpha value is -2.82. The molecule has 1 unspecified atom stereocenters. The van der Waals surface area contributed by atoms with Crippen molar-refractivity contribution in [2.75, 3.05) is 13.7 Å². The van der Waals surface area contributed by atoms with Crippen molar-refractivity contribution in [2.45, 2.75) is 25.8 Å². The van der Waals surface area contributed by atoms with E-state index in [1.165, 1.54) is 0 Å². The van der Waals surface area contributed by atoms with E-state index in [1.54, 1.807) is 38.3 Å². The molecule has 0 spiro atoms. The van der Waals surface area contributed by atoms with Crippen LogP contribution in [0.3, 0.4) is 0 Å². The van der Waals surface area contributed by atoms with Crippen LogP contribution in [0.5, 0.6) is 5.75 Å². The highest BCUT2D eigenvalue weighted by molar-refractivity contribution is 5.94. The summed E-state index contributed by atoms with van der Waals surface area (Å²) in [5.74, 6) is 0.134. The van der Waals surface area contributed by atoms with Crippen molar-refractivity contribution in [3.63, 3.8) is 0 Å². The Labute approximate surface area is 148 Å². The van der Waals surface area contributed by atoms with Crippen LogP contribution < -0.4 is 10.1 Å². The van der Waals surface area contributed by atoms with Crippen LogP contribution in [0.25, 0.3) is 0 Å². The van der Waals surface area contributed by atoms with E-state index >= 15 is 0 Å². The largest absolute Gasteiger partial charge is 0.497 e. The number of hydrogen-bond donors (Lipinski definition) is 1. The SMILES string of the molecule is CCOC(=O)CC(Cc1ccccc1)NC(=O)c1ccc(OC)cc1. The fourth-order valence-electron chi connectivity index (χ4n) is 2.51. The molecule has 2 aromatic carbocycles. The number of carbonyl (C=O) groups is 2. The maximum Gasteiger partial charge on any atom is 0.307 e. The van der Waals surface area contributed by atoms with Crippen molar-refractivity contribution < 1.29 is 19.1 Å². The molecule has 1 amide bonds. The van der Waals surface area contributed by atoms with Crippen molar-refractivity contribution in [3.8, 4) is 5.75 Å². The number of ether oxygens (including phenoxy) is 2. The van der Waals surface area contributed by atoms with Gasteiger partial charge in [0.1, 0.15) is 5.75 Å². The molecule has 0 radical (unpaired) electrons. The number of rotatable bonds is 8. The molecule has 1 N–H and O–H groups in total. The molecule has 5 nitrogen and oxygen atoms in total. The predicted molar refractivity (Wildman–Crippen MR) is 95.6 cm³/mol. The summed E-state index contributed by atoms with van der Waals surface area (Å²) in [4.78, 5) is 24.3. The van der Waals surface area contributed by atoms with E-state index in [0.717, 1.165) is 5.56 Å². The molecular formula is C20H23NO4. The summed E-state index contributed by atoms with van der Waals surface area (Å²) in [6.07, 6.45) is 0.687. The predicted octanol–water partition coefficient (Wildman–Crippen LogP) is 2.99. The van der Waals surface area contributed by atoms with E-state index in [0.29, 0.717) is 24.3 Å². The molecule has 0 aromatic heterocycles. The van der Waals surface area contributed by atoms with Gasteiger partial charge in [-0.25, -0.2) is 0 Å². The van der Waals surface area contributed by atoms with Crippen molar-refractivity contribution >= 4 is 11.9 Å². The maximum absolute atomic E-state index is 12.5. The van der Waals surface area contributed by atoms with Crippen LogP contribution in [0.1, 0.15) is 29.3 Å². The fraction of sp³-hybridized carbons (Fsp3) is 0.300. The lowest BCUT2D eigenvalue weighted by atomic mass is 10.0. The minimum atomic E-state index is -0.337. The lowest BCUT2D eigenvalue weighted by molar-refractivity contribution is -0.143. The van der Waals surface area contributed by atoms with Crippen LogP contribution in [-0.2, 0) is 16.0 Å². The van der Waals surface area contributed by atoms with Gasteiger partial charge in [-0.15, -0.1) is 0 Å². The third-order valence-corrected chi connectivity index (χ3v) is 3.73. The summed E-state index contributed by atoms with van der Waals surface area (Å²) < 4.78 is 10.1. The van der Waals surface area contributed by atoms with Crippen LogP contribution in [-0.4, -0.2) is 31.6 Å². The van der Waals surface area contributed by atoms with Gasteiger partial charge in [0.15, 0.2) is 0 Å². The molecule has 0 heterocycles. The quantitative estimate of drug-likeness (QED) is 0.750. The summed E-state index contributed by atoms with van der Waals surface area (Å²) in [5, 5.41) is 2.93. The standard InChI is InChI=1S/C20H23NO4/c1-3-25-19(22)14-17(13-15-7-5-4-6-8-15)21-20(23)16-9-11-18(24-2)12-10-16/h4-12,17H,3,13-14H2,1-2H3,(H,21,23). The second kappa shape index (κ2) is 9.47. The van der Waals surface area contributed by atoms with E-state index in [4.69, 9.17) is 9.47 Å². The van der Waals surface area contributed by atoms with Crippen LogP contribution in [0.2, 0.25) is 0 Å². The van der Waals surface area contributed by atoms with Crippen LogP contribution in [0.15, 0.2) is 54.6 Å². The number of nitrogens with one attached hydrogen (secondary N) is 1. The molecule has 0 saturated heterocycles. The molecule has 0 saturated carbocycles. The first-order valence-electron chi connectivity index (χ1n) is 8.26. The van der Waals surface area contributed by atoms with Gasteiger partial charge in [-0.05, 0) is 43.2 Å². The molecule has 0 aliphatic heterocycles. The Morgan fingerprint density at radius 1 is 1.04 bits per heavy atom. The first-order valence-corrected chi connectivity index (χ1v) is 8.26. The monoisotopic (exact) mass is 341 g/mol. The summed E-state index contributed by atoms with van der Waals surface area (Å²) in [6.45, 7) is 2.09. The first kappa shape index (κ1) is 18.5. The zero-order valence-electron chi connectivity index (χ0n) is 14.5. The average Bonchev–Trinajstić information content (AvgIpc) is 2.62. The third kappa shape index (κ3) is 5.95. The third-order valence-electron chi connectivity index (χ3n) is 3.73. The van der Waals surface area contributed by atoms with Crippen molar-refractivity contribution in [1.29, 1.82) is 0 Å². The maximum atomic E-state index is 12.5. The number of carbonyl (C=O) groups excluding carboxylic acids is 2. The fourth-order valence-corrected chi connectivity index (χ4v) is 2.51. The smallest absolute Gasteiger partial charge is 0.307 e. The molecule has 2 aromatic rings. The molecule has 25 heavy (non-hydrogen) atoms. The van der Waals surface area contributed by atoms with E-state index in [1.807, 2.05) is 30.3 Å². The van der Waals surface area contributed by atoms with Gasteiger partial charge in [0.25, 0.3) is 5.91 Å². The normalized spacial score (nSPS) is 11.4. The highest BCUT2D eigenvalue weighted by Crippen LogP contribution is 2.13. The van der Waals surface area contributed by atoms with Gasteiger partial charge in [0.2, 0.25) is 0 Å². The zero-order chi connectivity index (χ0) is 18.1. The van der Waals surface area contributed by atoms with E-state index in [9.17, 15) is 9.59 Å². The van der Waals surface area contributed by atoms with Gasteiger partial charge in [0, 0.05) is 11.6 Å². The van der Waals surface area contributed by atoms with E-state index < -0.39 is 0 Å². The number of amides is 1. The van der Waals surface area contributed by atoms with Gasteiger partial charge in [-0.2, -0.15) is 0 Å². The second-order valence-corrected chi connectivity index (χ2v) is 5.60. The molecule has 132 valence electrons. The topological polar surface area (TPSA) is 64.6 Å². The molecule has 0 bridgehead atoms. The summed E-state index contributed by atoms with van der Waals surface area (Å²) in [7, 11) is 1.57. The summed E-state index contributed by atoms with van der Waals surface area (Å²) in [6, 6.07) is 16.2. The second-order valence-electron chi connectivity index (χ2n) is 5.60. The lowest BCUT2D eigenvalue weighted by Crippen LogP contribution is -2.38. The molecule has 1 atom stereocenters. The van der Waals surface area contributed by atoms with Crippen molar-refractivity contribution in [3.05, 3.63) is 65.7 Å². The van der Waals surface area contributed by atoms with Crippen LogP contribution in [0, 0.1) is 0 Å². The van der Waals surface area contributed by atoms with Gasteiger partial charge in [0.05, 0.1) is 20.1 Å². The number of methoxy groups -OCH3 is 1. The Morgan fingerprint density at radius 3 is 2.32 bits per heavy atom. The highest BCUT2D eigenvalue weighted by atomic mass is 16.5. The molecular weight excluding hydrogens is 318 g/mol. The number of benzene rings is 2. The Balaban J connectivity index is 2.07. The average molecular weight is 341 g/mol. The minimum Gasteiger partial charge on any atom is -0.497 e. The highest BCUT2D eigenvalue weighted by Gasteiger charge is 2.18. The Morgan fingerprint density at radius 2 is 1.72 bits per heavy atom. The Kier molecular flexibility index (Phi) is 7.01. The van der Waals surface area contributed by atoms with Gasteiger partial charge in [-0.1, -0.05) is 30.3 Å². The first-order chi connectivity index (χ1) is 12.1. The molecule has 5 heteroatoms. The molecule has 0 fully saturated rings. The van der Waals surface area contributed by atoms with Crippen LogP contribution >= 0.6 is 0 Å². The minimum absolute atomic E-state index is 0.130. The summed E-state index contributed by atoms with van der Waals surface area (Å²) >= 11 is 0. The van der Waals surface area contributed by atoms with Gasteiger partial charge in [-0.3, -0.25) is 9.59 Å². The molecule has 0 aliphatic rings. The van der Waals surface area contributed by atoms with Gasteiger partial charge < -0.3 is 14.8 Å². The number of hydrogen-bond acceptors (Lipinski definition) is 4. The zero-order valence-corrected chi connectivity index (χ0v) is 14.5. The van der Waals surface area contributed by atoms with Crippen LogP contribution in [0.4, 0.5) is 0 Å². The van der Waals surface area contributed by atoms with Gasteiger partial charge >= 0.3 is 5.97 Å². The number of esters is 1. The van der Waals surface area contributed by atoms with E-state index in [-0.39, 0.29) is 24.3 Å². The van der Waals surface area contributed by atoms with Crippen molar-refractivity contribution in [2.24, 2.45) is 0 Å².